The molecular formula is C17H25NO. The molecule has 1 N–H and O–H groups in total. The Balaban J connectivity index is 1.67. The highest BCUT2D eigenvalue weighted by Gasteiger charge is 2.17. The van der Waals surface area contributed by atoms with E-state index >= 15 is 0 Å². The number of rotatable bonds is 3. The van der Waals surface area contributed by atoms with Crippen molar-refractivity contribution in [3.05, 3.63) is 34.9 Å². The highest BCUT2D eigenvalue weighted by atomic mass is 16.3. The SMILES string of the molecule is OC(CN1CCCCC1)c1ccc2c(c1)CCCC2. The van der Waals surface area contributed by atoms with Crippen molar-refractivity contribution in [2.24, 2.45) is 0 Å². The summed E-state index contributed by atoms with van der Waals surface area (Å²) in [5, 5.41) is 10.4. The number of nitrogens with zero attached hydrogens (tertiary/aromatic N) is 1. The molecule has 1 aromatic carbocycles. The van der Waals surface area contributed by atoms with E-state index in [0.29, 0.717) is 0 Å². The molecule has 1 fully saturated rings. The molecule has 1 aliphatic carbocycles. The molecule has 1 saturated heterocycles. The van der Waals surface area contributed by atoms with Gasteiger partial charge in [0, 0.05) is 6.54 Å². The molecular weight excluding hydrogens is 234 g/mol. The fourth-order valence-corrected chi connectivity index (χ4v) is 3.45. The summed E-state index contributed by atoms with van der Waals surface area (Å²) < 4.78 is 0. The predicted molar refractivity (Wildman–Crippen MR) is 78.3 cm³/mol. The Kier molecular flexibility index (Phi) is 4.19. The van der Waals surface area contributed by atoms with Crippen LogP contribution in [0.15, 0.2) is 18.2 Å². The van der Waals surface area contributed by atoms with E-state index < -0.39 is 0 Å². The van der Waals surface area contributed by atoms with Crippen molar-refractivity contribution in [2.75, 3.05) is 19.6 Å². The lowest BCUT2D eigenvalue weighted by Gasteiger charge is -2.29. The molecule has 104 valence electrons. The third kappa shape index (κ3) is 3.18. The van der Waals surface area contributed by atoms with E-state index in [1.54, 1.807) is 0 Å². The number of aliphatic hydroxyl groups is 1. The molecule has 2 aliphatic rings. The highest BCUT2D eigenvalue weighted by molar-refractivity contribution is 5.34. The van der Waals surface area contributed by atoms with Crippen molar-refractivity contribution in [3.63, 3.8) is 0 Å². The van der Waals surface area contributed by atoms with Crippen molar-refractivity contribution < 1.29 is 5.11 Å². The van der Waals surface area contributed by atoms with Crippen LogP contribution in [0.3, 0.4) is 0 Å². The van der Waals surface area contributed by atoms with Gasteiger partial charge in [0.05, 0.1) is 6.10 Å². The largest absolute Gasteiger partial charge is 0.387 e. The Hall–Kier alpha value is -0.860. The number of aryl methyl sites for hydroxylation is 2. The molecule has 0 bridgehead atoms. The minimum absolute atomic E-state index is 0.315. The first-order chi connectivity index (χ1) is 9.33. The van der Waals surface area contributed by atoms with Gasteiger partial charge >= 0.3 is 0 Å². The molecule has 2 nitrogen and oxygen atoms in total. The quantitative estimate of drug-likeness (QED) is 0.901. The summed E-state index contributed by atoms with van der Waals surface area (Å²) in [6.45, 7) is 3.11. The van der Waals surface area contributed by atoms with E-state index in [9.17, 15) is 5.11 Å². The number of β-amino-alcohol motifs (C(OH)–C–C–N with tert-alkyl or cyclic N) is 1. The Bertz CT molecular complexity index is 423. The highest BCUT2D eigenvalue weighted by Crippen LogP contribution is 2.25. The van der Waals surface area contributed by atoms with Crippen LogP contribution in [0.4, 0.5) is 0 Å². The van der Waals surface area contributed by atoms with Gasteiger partial charge in [0.25, 0.3) is 0 Å². The molecule has 3 rings (SSSR count). The average Bonchev–Trinajstić information content (AvgIpc) is 2.48. The number of benzene rings is 1. The minimum atomic E-state index is -0.315. The van der Waals surface area contributed by atoms with Crippen LogP contribution in [0.5, 0.6) is 0 Å². The Labute approximate surface area is 116 Å². The lowest BCUT2D eigenvalue weighted by atomic mass is 9.89. The van der Waals surface area contributed by atoms with Crippen molar-refractivity contribution in [1.29, 1.82) is 0 Å². The molecule has 0 radical (unpaired) electrons. The fourth-order valence-electron chi connectivity index (χ4n) is 3.45. The van der Waals surface area contributed by atoms with Crippen LogP contribution < -0.4 is 0 Å². The van der Waals surface area contributed by atoms with Crippen LogP contribution in [0.25, 0.3) is 0 Å². The summed E-state index contributed by atoms with van der Waals surface area (Å²) in [5.74, 6) is 0. The number of likely N-dealkylation sites (tertiary alicyclic amines) is 1. The van der Waals surface area contributed by atoms with E-state index in [1.807, 2.05) is 0 Å². The zero-order chi connectivity index (χ0) is 13.1. The maximum absolute atomic E-state index is 10.4. The van der Waals surface area contributed by atoms with Gasteiger partial charge in [-0.1, -0.05) is 24.6 Å². The number of aliphatic hydroxyl groups excluding tert-OH is 1. The molecule has 0 amide bonds. The van der Waals surface area contributed by atoms with Gasteiger partial charge in [0.1, 0.15) is 0 Å². The molecule has 0 saturated carbocycles. The van der Waals surface area contributed by atoms with E-state index in [4.69, 9.17) is 0 Å². The van der Waals surface area contributed by atoms with Gasteiger partial charge in [0.15, 0.2) is 0 Å². The first-order valence-corrected chi connectivity index (χ1v) is 7.85. The van der Waals surface area contributed by atoms with Crippen LogP contribution in [0.1, 0.15) is 54.9 Å². The molecule has 2 heteroatoms. The van der Waals surface area contributed by atoms with Gasteiger partial charge in [0.2, 0.25) is 0 Å². The normalized spacial score (nSPS) is 21.9. The van der Waals surface area contributed by atoms with Gasteiger partial charge in [-0.05, 0) is 68.3 Å². The minimum Gasteiger partial charge on any atom is -0.387 e. The van der Waals surface area contributed by atoms with Crippen LogP contribution >= 0.6 is 0 Å². The van der Waals surface area contributed by atoms with E-state index in [-0.39, 0.29) is 6.10 Å². The van der Waals surface area contributed by atoms with E-state index in [1.165, 1.54) is 56.1 Å². The van der Waals surface area contributed by atoms with E-state index in [2.05, 4.69) is 23.1 Å². The molecule has 1 unspecified atom stereocenters. The number of fused-ring (bicyclic) bond motifs is 1. The van der Waals surface area contributed by atoms with Gasteiger partial charge < -0.3 is 10.0 Å². The van der Waals surface area contributed by atoms with Crippen LogP contribution in [0, 0.1) is 0 Å². The maximum atomic E-state index is 10.4. The fraction of sp³-hybridized carbons (Fsp3) is 0.647. The topological polar surface area (TPSA) is 23.5 Å². The molecule has 1 aliphatic heterocycles. The van der Waals surface area contributed by atoms with Crippen molar-refractivity contribution in [2.45, 2.75) is 51.0 Å². The van der Waals surface area contributed by atoms with Gasteiger partial charge in [-0.15, -0.1) is 0 Å². The summed E-state index contributed by atoms with van der Waals surface area (Å²) in [6, 6.07) is 6.63. The molecule has 1 heterocycles. The summed E-state index contributed by atoms with van der Waals surface area (Å²) in [7, 11) is 0. The third-order valence-electron chi connectivity index (χ3n) is 4.64. The molecule has 19 heavy (non-hydrogen) atoms. The second-order valence-corrected chi connectivity index (χ2v) is 6.11. The Morgan fingerprint density at radius 3 is 2.47 bits per heavy atom. The summed E-state index contributed by atoms with van der Waals surface area (Å²) in [4.78, 5) is 2.41. The number of hydrogen-bond donors (Lipinski definition) is 1. The standard InChI is InChI=1S/C17H25NO/c19-17(13-18-10-4-1-5-11-18)16-9-8-14-6-2-3-7-15(14)12-16/h8-9,12,17,19H,1-7,10-11,13H2. The van der Waals surface area contributed by atoms with Crippen molar-refractivity contribution in [3.8, 4) is 0 Å². The average molecular weight is 259 g/mol. The summed E-state index contributed by atoms with van der Waals surface area (Å²) >= 11 is 0. The smallest absolute Gasteiger partial charge is 0.0917 e. The first kappa shape index (κ1) is 13.1. The summed E-state index contributed by atoms with van der Waals surface area (Å²) in [6.07, 6.45) is 8.66. The third-order valence-corrected chi connectivity index (χ3v) is 4.64. The zero-order valence-corrected chi connectivity index (χ0v) is 11.8. The monoisotopic (exact) mass is 259 g/mol. The zero-order valence-electron chi connectivity index (χ0n) is 11.8. The van der Waals surface area contributed by atoms with Crippen molar-refractivity contribution >= 4 is 0 Å². The molecule has 1 aromatic rings. The predicted octanol–water partition coefficient (Wildman–Crippen LogP) is 3.08. The lowest BCUT2D eigenvalue weighted by Crippen LogP contribution is -2.33. The van der Waals surface area contributed by atoms with E-state index in [0.717, 1.165) is 25.2 Å². The van der Waals surface area contributed by atoms with Crippen LogP contribution in [0.2, 0.25) is 0 Å². The van der Waals surface area contributed by atoms with Crippen LogP contribution in [-0.2, 0) is 12.8 Å². The second kappa shape index (κ2) is 6.06. The van der Waals surface area contributed by atoms with Gasteiger partial charge in [-0.3, -0.25) is 0 Å². The number of hydrogen-bond acceptors (Lipinski definition) is 2. The Morgan fingerprint density at radius 1 is 0.947 bits per heavy atom. The Morgan fingerprint density at radius 2 is 1.68 bits per heavy atom. The van der Waals surface area contributed by atoms with Gasteiger partial charge in [-0.2, -0.15) is 0 Å². The summed E-state index contributed by atoms with van der Waals surface area (Å²) in [5.41, 5.74) is 4.09. The second-order valence-electron chi connectivity index (χ2n) is 6.11. The van der Waals surface area contributed by atoms with Crippen LogP contribution in [-0.4, -0.2) is 29.6 Å². The maximum Gasteiger partial charge on any atom is 0.0917 e. The molecule has 0 spiro atoms. The number of piperidine rings is 1. The molecule has 0 aromatic heterocycles. The molecule has 1 atom stereocenters. The lowest BCUT2D eigenvalue weighted by molar-refractivity contribution is 0.101. The van der Waals surface area contributed by atoms with Crippen molar-refractivity contribution in [1.82, 2.24) is 4.90 Å². The first-order valence-electron chi connectivity index (χ1n) is 7.85. The van der Waals surface area contributed by atoms with Gasteiger partial charge in [-0.25, -0.2) is 0 Å².